The van der Waals surface area contributed by atoms with Gasteiger partial charge in [-0.2, -0.15) is 0 Å². The summed E-state index contributed by atoms with van der Waals surface area (Å²) in [6, 6.07) is 12.1. The Kier molecular flexibility index (Phi) is 5.58. The number of benzene rings is 2. The molecular weight excluding hydrogens is 387 g/mol. The van der Waals surface area contributed by atoms with Crippen molar-refractivity contribution in [2.45, 2.75) is 18.9 Å². The molecule has 1 aliphatic rings. The van der Waals surface area contributed by atoms with Gasteiger partial charge in [-0.05, 0) is 65.2 Å². The lowest BCUT2D eigenvalue weighted by molar-refractivity contribution is 0.0930. The van der Waals surface area contributed by atoms with Crippen molar-refractivity contribution >= 4 is 27.5 Å². The Bertz CT molecular complexity index is 761. The number of halogens is 2. The fourth-order valence-corrected chi connectivity index (χ4v) is 3.45. The summed E-state index contributed by atoms with van der Waals surface area (Å²) in [5.74, 6) is 0.306. The molecule has 1 saturated heterocycles. The molecule has 1 N–H and O–H groups in total. The summed E-state index contributed by atoms with van der Waals surface area (Å²) in [5, 5.41) is 3.09. The number of piperidine rings is 1. The first-order chi connectivity index (χ1) is 12.1. The number of nitrogens with one attached hydrogen (secondary N) is 1. The van der Waals surface area contributed by atoms with Crippen LogP contribution in [0.25, 0.3) is 0 Å². The molecule has 0 radical (unpaired) electrons. The van der Waals surface area contributed by atoms with Crippen LogP contribution in [-0.4, -0.2) is 32.1 Å². The normalized spacial score (nSPS) is 15.1. The highest BCUT2D eigenvalue weighted by atomic mass is 79.9. The lowest BCUT2D eigenvalue weighted by Gasteiger charge is -2.34. The standard InChI is InChI=1S/C19H20BrFN2O2/c1-25-16-5-6-18(20)17(12-16)19(24)22-14-7-9-23(10-8-14)15-4-2-3-13(21)11-15/h2-6,11-12,14H,7-10H2,1H3,(H,22,24). The maximum absolute atomic E-state index is 13.4. The van der Waals surface area contributed by atoms with Crippen LogP contribution in [0.2, 0.25) is 0 Å². The zero-order valence-corrected chi connectivity index (χ0v) is 15.6. The first kappa shape index (κ1) is 17.7. The third-order valence-corrected chi connectivity index (χ3v) is 5.11. The van der Waals surface area contributed by atoms with Gasteiger partial charge in [-0.25, -0.2) is 4.39 Å². The summed E-state index contributed by atoms with van der Waals surface area (Å²) >= 11 is 3.41. The van der Waals surface area contributed by atoms with Crippen LogP contribution in [0.5, 0.6) is 5.75 Å². The van der Waals surface area contributed by atoms with Crippen LogP contribution in [0.4, 0.5) is 10.1 Å². The highest BCUT2D eigenvalue weighted by Gasteiger charge is 2.22. The van der Waals surface area contributed by atoms with Gasteiger partial charge in [-0.15, -0.1) is 0 Å². The van der Waals surface area contributed by atoms with E-state index in [1.54, 1.807) is 37.4 Å². The monoisotopic (exact) mass is 406 g/mol. The van der Waals surface area contributed by atoms with E-state index in [9.17, 15) is 9.18 Å². The summed E-state index contributed by atoms with van der Waals surface area (Å²) in [6.07, 6.45) is 1.65. The van der Waals surface area contributed by atoms with Crippen LogP contribution >= 0.6 is 15.9 Å². The molecule has 4 nitrogen and oxygen atoms in total. The molecule has 1 fully saturated rings. The predicted molar refractivity (Wildman–Crippen MR) is 99.8 cm³/mol. The molecule has 0 unspecified atom stereocenters. The molecule has 0 spiro atoms. The molecule has 0 bridgehead atoms. The maximum Gasteiger partial charge on any atom is 0.252 e. The van der Waals surface area contributed by atoms with Gasteiger partial charge in [0.05, 0.1) is 12.7 Å². The van der Waals surface area contributed by atoms with Crippen molar-refractivity contribution in [1.29, 1.82) is 0 Å². The van der Waals surface area contributed by atoms with Crippen molar-refractivity contribution in [2.24, 2.45) is 0 Å². The maximum atomic E-state index is 13.4. The van der Waals surface area contributed by atoms with Crippen LogP contribution in [0.3, 0.4) is 0 Å². The van der Waals surface area contributed by atoms with Crippen LogP contribution in [0, 0.1) is 5.82 Å². The number of rotatable bonds is 4. The smallest absolute Gasteiger partial charge is 0.252 e. The van der Waals surface area contributed by atoms with Gasteiger partial charge < -0.3 is 15.0 Å². The Hall–Kier alpha value is -2.08. The van der Waals surface area contributed by atoms with Crippen molar-refractivity contribution in [3.8, 4) is 5.75 Å². The van der Waals surface area contributed by atoms with Crippen LogP contribution in [0.1, 0.15) is 23.2 Å². The number of carbonyl (C=O) groups is 1. The molecule has 6 heteroatoms. The molecular formula is C19H20BrFN2O2. The molecule has 2 aromatic carbocycles. The van der Waals surface area contributed by atoms with E-state index in [4.69, 9.17) is 4.74 Å². The van der Waals surface area contributed by atoms with E-state index in [2.05, 4.69) is 26.1 Å². The third kappa shape index (κ3) is 4.31. The Morgan fingerprint density at radius 1 is 1.24 bits per heavy atom. The van der Waals surface area contributed by atoms with Crippen molar-refractivity contribution in [3.63, 3.8) is 0 Å². The zero-order valence-electron chi connectivity index (χ0n) is 14.0. The topological polar surface area (TPSA) is 41.6 Å². The highest BCUT2D eigenvalue weighted by molar-refractivity contribution is 9.10. The first-order valence-corrected chi connectivity index (χ1v) is 9.01. The van der Waals surface area contributed by atoms with Gasteiger partial charge in [0.2, 0.25) is 0 Å². The molecule has 3 rings (SSSR count). The van der Waals surface area contributed by atoms with E-state index in [1.807, 2.05) is 6.07 Å². The zero-order chi connectivity index (χ0) is 17.8. The molecule has 25 heavy (non-hydrogen) atoms. The minimum Gasteiger partial charge on any atom is -0.497 e. The van der Waals surface area contributed by atoms with E-state index in [0.717, 1.165) is 36.1 Å². The fourth-order valence-electron chi connectivity index (χ4n) is 3.02. The average Bonchev–Trinajstić information content (AvgIpc) is 2.62. The molecule has 1 aliphatic heterocycles. The molecule has 1 amide bonds. The number of hydrogen-bond acceptors (Lipinski definition) is 3. The van der Waals surface area contributed by atoms with Gasteiger partial charge >= 0.3 is 0 Å². The summed E-state index contributed by atoms with van der Waals surface area (Å²) in [6.45, 7) is 1.57. The number of nitrogens with zero attached hydrogens (tertiary/aromatic N) is 1. The van der Waals surface area contributed by atoms with Gasteiger partial charge in [0.25, 0.3) is 5.91 Å². The van der Waals surface area contributed by atoms with Gasteiger partial charge in [0.15, 0.2) is 0 Å². The van der Waals surface area contributed by atoms with Crippen molar-refractivity contribution in [1.82, 2.24) is 5.32 Å². The lowest BCUT2D eigenvalue weighted by Crippen LogP contribution is -2.44. The Morgan fingerprint density at radius 3 is 2.68 bits per heavy atom. The third-order valence-electron chi connectivity index (χ3n) is 4.42. The molecule has 0 aromatic heterocycles. The summed E-state index contributed by atoms with van der Waals surface area (Å²) in [5.41, 5.74) is 1.45. The van der Waals surface area contributed by atoms with E-state index < -0.39 is 0 Å². The van der Waals surface area contributed by atoms with Gasteiger partial charge in [-0.1, -0.05) is 6.07 Å². The van der Waals surface area contributed by atoms with E-state index in [-0.39, 0.29) is 17.8 Å². The number of methoxy groups -OCH3 is 1. The molecule has 1 heterocycles. The second-order valence-electron chi connectivity index (χ2n) is 6.06. The second-order valence-corrected chi connectivity index (χ2v) is 6.91. The Balaban J connectivity index is 1.59. The van der Waals surface area contributed by atoms with Gasteiger partial charge in [0, 0.05) is 29.3 Å². The van der Waals surface area contributed by atoms with Crippen LogP contribution in [0.15, 0.2) is 46.9 Å². The summed E-state index contributed by atoms with van der Waals surface area (Å²) in [7, 11) is 1.58. The number of carbonyl (C=O) groups excluding carboxylic acids is 1. The van der Waals surface area contributed by atoms with Gasteiger partial charge in [0.1, 0.15) is 11.6 Å². The minimum atomic E-state index is -0.226. The molecule has 0 atom stereocenters. The Labute approximate surface area is 155 Å². The Morgan fingerprint density at radius 2 is 2.00 bits per heavy atom. The quantitative estimate of drug-likeness (QED) is 0.834. The lowest BCUT2D eigenvalue weighted by atomic mass is 10.0. The van der Waals surface area contributed by atoms with Gasteiger partial charge in [-0.3, -0.25) is 4.79 Å². The second kappa shape index (κ2) is 7.87. The van der Waals surface area contributed by atoms with E-state index >= 15 is 0 Å². The van der Waals surface area contributed by atoms with Crippen molar-refractivity contribution in [2.75, 3.05) is 25.1 Å². The average molecular weight is 407 g/mol. The molecule has 0 aliphatic carbocycles. The van der Waals surface area contributed by atoms with Crippen molar-refractivity contribution < 1.29 is 13.9 Å². The highest BCUT2D eigenvalue weighted by Crippen LogP contribution is 2.24. The SMILES string of the molecule is COc1ccc(Br)c(C(=O)NC2CCN(c3cccc(F)c3)CC2)c1. The minimum absolute atomic E-state index is 0.107. The summed E-state index contributed by atoms with van der Waals surface area (Å²) < 4.78 is 19.3. The first-order valence-electron chi connectivity index (χ1n) is 8.22. The van der Waals surface area contributed by atoms with Crippen molar-refractivity contribution in [3.05, 3.63) is 58.3 Å². The van der Waals surface area contributed by atoms with E-state index in [0.29, 0.717) is 11.3 Å². The number of ether oxygens (including phenoxy) is 1. The fraction of sp³-hybridized carbons (Fsp3) is 0.316. The molecule has 132 valence electrons. The number of amides is 1. The largest absolute Gasteiger partial charge is 0.497 e. The summed E-state index contributed by atoms with van der Waals surface area (Å²) in [4.78, 5) is 14.7. The van der Waals surface area contributed by atoms with E-state index in [1.165, 1.54) is 6.07 Å². The van der Waals surface area contributed by atoms with Crippen LogP contribution < -0.4 is 15.0 Å². The number of anilines is 1. The predicted octanol–water partition coefficient (Wildman–Crippen LogP) is 4.00. The molecule has 2 aromatic rings. The molecule has 0 saturated carbocycles. The number of hydrogen-bond donors (Lipinski definition) is 1. The van der Waals surface area contributed by atoms with Crippen LogP contribution in [-0.2, 0) is 0 Å².